The average Bonchev–Trinajstić information content (AvgIpc) is 3.34. The highest BCUT2D eigenvalue weighted by atomic mass is 16.5. The minimum absolute atomic E-state index is 0.114. The summed E-state index contributed by atoms with van der Waals surface area (Å²) in [5.41, 5.74) is 1.98. The van der Waals surface area contributed by atoms with Gasteiger partial charge in [0.15, 0.2) is 0 Å². The van der Waals surface area contributed by atoms with Gasteiger partial charge in [-0.3, -0.25) is 4.79 Å². The number of rotatable bonds is 4. The van der Waals surface area contributed by atoms with E-state index in [0.717, 1.165) is 24.3 Å². The minimum atomic E-state index is -0.459. The lowest BCUT2D eigenvalue weighted by Gasteiger charge is -2.15. The molecule has 0 atom stereocenters. The van der Waals surface area contributed by atoms with Crippen LogP contribution in [-0.4, -0.2) is 38.6 Å². The number of tetrazole rings is 1. The molecule has 1 fully saturated rings. The summed E-state index contributed by atoms with van der Waals surface area (Å²) in [6.07, 6.45) is 2.92. The molecule has 1 aliphatic heterocycles. The highest BCUT2D eigenvalue weighted by Gasteiger charge is 2.21. The Balaban J connectivity index is 1.43. The molecule has 26 heavy (non-hydrogen) atoms. The zero-order valence-electron chi connectivity index (χ0n) is 13.8. The van der Waals surface area contributed by atoms with Gasteiger partial charge in [-0.1, -0.05) is 0 Å². The molecule has 8 heteroatoms. The van der Waals surface area contributed by atoms with Crippen LogP contribution in [0.15, 0.2) is 54.9 Å². The number of aromatic nitrogens is 4. The van der Waals surface area contributed by atoms with Crippen molar-refractivity contribution in [1.82, 2.24) is 20.2 Å². The monoisotopic (exact) mass is 349 g/mol. The maximum absolute atomic E-state index is 12.3. The Morgan fingerprint density at radius 3 is 2.35 bits per heavy atom. The molecule has 0 spiro atoms. The second-order valence-corrected chi connectivity index (χ2v) is 5.83. The lowest BCUT2D eigenvalue weighted by atomic mass is 10.2. The van der Waals surface area contributed by atoms with Crippen LogP contribution in [0, 0.1) is 0 Å². The van der Waals surface area contributed by atoms with Gasteiger partial charge in [0.1, 0.15) is 12.1 Å². The van der Waals surface area contributed by atoms with E-state index in [2.05, 4.69) is 15.5 Å². The second kappa shape index (κ2) is 6.75. The normalized spacial score (nSPS) is 13.8. The van der Waals surface area contributed by atoms with Crippen LogP contribution in [0.2, 0.25) is 0 Å². The molecule has 0 saturated carbocycles. The molecular formula is C18H15N5O3. The van der Waals surface area contributed by atoms with Gasteiger partial charge in [0.05, 0.1) is 11.3 Å². The molecule has 1 saturated heterocycles. The van der Waals surface area contributed by atoms with Crippen molar-refractivity contribution in [3.05, 3.63) is 60.4 Å². The molecule has 130 valence electrons. The van der Waals surface area contributed by atoms with Crippen molar-refractivity contribution in [2.75, 3.05) is 11.4 Å². The third-order valence-electron chi connectivity index (χ3n) is 4.15. The molecule has 8 nitrogen and oxygen atoms in total. The van der Waals surface area contributed by atoms with Gasteiger partial charge in [-0.05, 0) is 65.4 Å². The fraction of sp³-hybridized carbons (Fsp3) is 0.167. The van der Waals surface area contributed by atoms with Gasteiger partial charge in [-0.15, -0.1) is 5.10 Å². The maximum atomic E-state index is 12.3. The molecule has 0 radical (unpaired) electrons. The van der Waals surface area contributed by atoms with Crippen LogP contribution in [-0.2, 0) is 4.79 Å². The number of ether oxygens (including phenoxy) is 1. The van der Waals surface area contributed by atoms with Crippen molar-refractivity contribution in [3.63, 3.8) is 0 Å². The van der Waals surface area contributed by atoms with Gasteiger partial charge in [0.25, 0.3) is 0 Å². The van der Waals surface area contributed by atoms with E-state index >= 15 is 0 Å². The molecule has 0 N–H and O–H groups in total. The van der Waals surface area contributed by atoms with Gasteiger partial charge < -0.3 is 9.64 Å². The Hall–Kier alpha value is -3.55. The fourth-order valence-corrected chi connectivity index (χ4v) is 2.81. The first-order chi connectivity index (χ1) is 12.7. The third kappa shape index (κ3) is 3.16. The summed E-state index contributed by atoms with van der Waals surface area (Å²) in [4.78, 5) is 25.8. The molecule has 3 aromatic rings. The second-order valence-electron chi connectivity index (χ2n) is 5.83. The molecule has 0 unspecified atom stereocenters. The first-order valence-electron chi connectivity index (χ1n) is 8.17. The molecule has 2 heterocycles. The summed E-state index contributed by atoms with van der Waals surface area (Å²) < 4.78 is 6.88. The van der Waals surface area contributed by atoms with E-state index < -0.39 is 5.97 Å². The van der Waals surface area contributed by atoms with E-state index in [4.69, 9.17) is 4.74 Å². The van der Waals surface area contributed by atoms with Crippen molar-refractivity contribution in [2.45, 2.75) is 12.8 Å². The largest absolute Gasteiger partial charge is 0.423 e. The van der Waals surface area contributed by atoms with E-state index in [9.17, 15) is 9.59 Å². The number of benzene rings is 2. The quantitative estimate of drug-likeness (QED) is 0.529. The predicted octanol–water partition coefficient (Wildman–Crippen LogP) is 2.01. The van der Waals surface area contributed by atoms with Crippen molar-refractivity contribution < 1.29 is 14.3 Å². The van der Waals surface area contributed by atoms with Gasteiger partial charge in [-0.2, -0.15) is 0 Å². The highest BCUT2D eigenvalue weighted by molar-refractivity contribution is 5.96. The summed E-state index contributed by atoms with van der Waals surface area (Å²) in [5, 5.41) is 10.9. The zero-order chi connectivity index (χ0) is 17.9. The average molecular weight is 349 g/mol. The number of esters is 1. The summed E-state index contributed by atoms with van der Waals surface area (Å²) >= 11 is 0. The summed E-state index contributed by atoms with van der Waals surface area (Å²) in [5.74, 6) is 0.0769. The van der Waals surface area contributed by atoms with Gasteiger partial charge >= 0.3 is 5.97 Å². The van der Waals surface area contributed by atoms with Crippen LogP contribution in [0.25, 0.3) is 5.69 Å². The van der Waals surface area contributed by atoms with Crippen molar-refractivity contribution in [3.8, 4) is 11.4 Å². The highest BCUT2D eigenvalue weighted by Crippen LogP contribution is 2.22. The summed E-state index contributed by atoms with van der Waals surface area (Å²) in [6, 6.07) is 13.7. The van der Waals surface area contributed by atoms with E-state index in [1.54, 1.807) is 53.4 Å². The van der Waals surface area contributed by atoms with E-state index in [1.165, 1.54) is 11.0 Å². The van der Waals surface area contributed by atoms with E-state index in [-0.39, 0.29) is 5.91 Å². The maximum Gasteiger partial charge on any atom is 0.343 e. The molecule has 1 amide bonds. The van der Waals surface area contributed by atoms with Crippen LogP contribution in [0.1, 0.15) is 23.2 Å². The standard InChI is InChI=1S/C18H15N5O3/c24-17-2-1-11-22(17)14-5-3-13(4-6-14)18(25)26-16-9-7-15(8-10-16)23-12-19-20-21-23/h3-10,12H,1-2,11H2. The molecular weight excluding hydrogens is 334 g/mol. The minimum Gasteiger partial charge on any atom is -0.423 e. The Bertz CT molecular complexity index is 920. The van der Waals surface area contributed by atoms with Crippen molar-refractivity contribution in [2.24, 2.45) is 0 Å². The zero-order valence-corrected chi connectivity index (χ0v) is 13.8. The van der Waals surface area contributed by atoms with Crippen LogP contribution in [0.5, 0.6) is 5.75 Å². The Labute approximate surface area is 149 Å². The number of hydrogen-bond donors (Lipinski definition) is 0. The Kier molecular flexibility index (Phi) is 4.14. The van der Waals surface area contributed by atoms with Crippen LogP contribution < -0.4 is 9.64 Å². The first kappa shape index (κ1) is 15.9. The van der Waals surface area contributed by atoms with Crippen LogP contribution in [0.3, 0.4) is 0 Å². The topological polar surface area (TPSA) is 90.2 Å². The SMILES string of the molecule is O=C(Oc1ccc(-n2cnnn2)cc1)c1ccc(N2CCCC2=O)cc1. The number of carbonyl (C=O) groups excluding carboxylic acids is 2. The third-order valence-corrected chi connectivity index (χ3v) is 4.15. The molecule has 1 aliphatic rings. The van der Waals surface area contributed by atoms with E-state index in [0.29, 0.717) is 17.7 Å². The number of anilines is 1. The molecule has 1 aromatic heterocycles. The molecule has 0 aliphatic carbocycles. The predicted molar refractivity (Wildman–Crippen MR) is 92.1 cm³/mol. The number of nitrogens with zero attached hydrogens (tertiary/aromatic N) is 5. The van der Waals surface area contributed by atoms with E-state index in [1.807, 2.05) is 0 Å². The molecule has 0 bridgehead atoms. The lowest BCUT2D eigenvalue weighted by molar-refractivity contribution is -0.117. The number of amides is 1. The first-order valence-corrected chi connectivity index (χ1v) is 8.17. The Morgan fingerprint density at radius 2 is 1.73 bits per heavy atom. The van der Waals surface area contributed by atoms with Crippen molar-refractivity contribution in [1.29, 1.82) is 0 Å². The fourth-order valence-electron chi connectivity index (χ4n) is 2.81. The van der Waals surface area contributed by atoms with Crippen LogP contribution >= 0.6 is 0 Å². The van der Waals surface area contributed by atoms with Crippen molar-refractivity contribution >= 4 is 17.6 Å². The van der Waals surface area contributed by atoms with Crippen LogP contribution in [0.4, 0.5) is 5.69 Å². The lowest BCUT2D eigenvalue weighted by Crippen LogP contribution is -2.23. The summed E-state index contributed by atoms with van der Waals surface area (Å²) in [7, 11) is 0. The Morgan fingerprint density at radius 1 is 1.00 bits per heavy atom. The van der Waals surface area contributed by atoms with Gasteiger partial charge in [0.2, 0.25) is 5.91 Å². The smallest absolute Gasteiger partial charge is 0.343 e. The molecule has 2 aromatic carbocycles. The number of carbonyl (C=O) groups is 2. The molecule has 4 rings (SSSR count). The van der Waals surface area contributed by atoms with Gasteiger partial charge in [0, 0.05) is 18.7 Å². The van der Waals surface area contributed by atoms with Gasteiger partial charge in [-0.25, -0.2) is 9.48 Å². The number of hydrogen-bond acceptors (Lipinski definition) is 6. The summed E-state index contributed by atoms with van der Waals surface area (Å²) in [6.45, 7) is 0.719.